The maximum Gasteiger partial charge on any atom is 0.179 e. The summed E-state index contributed by atoms with van der Waals surface area (Å²) in [6, 6.07) is 23.5. The second kappa shape index (κ2) is 14.5. The number of hydrogen-bond acceptors (Lipinski definition) is 5. The zero-order chi connectivity index (χ0) is 33.9. The Hall–Kier alpha value is -2.87. The maximum absolute atomic E-state index is 14.2. The molecule has 7 rings (SSSR count). The molecule has 0 aliphatic carbocycles. The lowest BCUT2D eigenvalue weighted by Gasteiger charge is -2.50. The highest BCUT2D eigenvalue weighted by atomic mass is 32.2. The van der Waals surface area contributed by atoms with Gasteiger partial charge in [0.25, 0.3) is 0 Å². The van der Waals surface area contributed by atoms with E-state index in [1.807, 2.05) is 26.2 Å². The molecular weight excluding hydrogens is 615 g/mol. The van der Waals surface area contributed by atoms with E-state index in [0.717, 1.165) is 67.6 Å². The molecular formula is C41H58N3O3S+. The van der Waals surface area contributed by atoms with E-state index in [1.165, 1.54) is 54.9 Å². The fourth-order valence-electron chi connectivity index (χ4n) is 8.84. The standard InChI is InChI=1S/C41H58N3O3S/c1-6-8-20-41(21-9-7-2)31-48(45,46)39-19-16-36(42(4)5)28-38(39)40(32(41)3)35-14-17-37(18-15-35)47-30-34-12-10-33(11-13-34)29-44-25-22-43(23-26-44)24-27-44/h10-19,28,32,40H,6-9,20-27,29-31H2,1-5H3/q+1. The number of unbranched alkanes of at least 4 members (excludes halogenated alkanes) is 2. The van der Waals surface area contributed by atoms with E-state index in [0.29, 0.717) is 11.5 Å². The lowest BCUT2D eigenvalue weighted by molar-refractivity contribution is -0.953. The van der Waals surface area contributed by atoms with Crippen LogP contribution in [-0.4, -0.2) is 76.9 Å². The van der Waals surface area contributed by atoms with Crippen LogP contribution in [0.1, 0.15) is 87.5 Å². The number of sulfone groups is 1. The summed E-state index contributed by atoms with van der Waals surface area (Å²) in [6.45, 7) is 16.0. The smallest absolute Gasteiger partial charge is 0.179 e. The van der Waals surface area contributed by atoms with Gasteiger partial charge < -0.3 is 14.1 Å². The molecule has 0 radical (unpaired) electrons. The lowest BCUT2D eigenvalue weighted by atomic mass is 9.63. The van der Waals surface area contributed by atoms with Crippen molar-refractivity contribution in [2.45, 2.75) is 83.3 Å². The van der Waals surface area contributed by atoms with Gasteiger partial charge in [-0.1, -0.05) is 82.9 Å². The number of piperazine rings is 3. The van der Waals surface area contributed by atoms with E-state index < -0.39 is 9.84 Å². The maximum atomic E-state index is 14.2. The predicted molar refractivity (Wildman–Crippen MR) is 198 cm³/mol. The molecule has 3 aromatic rings. The summed E-state index contributed by atoms with van der Waals surface area (Å²) in [4.78, 5) is 5.18. The first-order chi connectivity index (χ1) is 23.1. The summed E-state index contributed by atoms with van der Waals surface area (Å²) in [6.07, 6.45) is 6.10. The van der Waals surface area contributed by atoms with Gasteiger partial charge in [-0.05, 0) is 71.2 Å². The highest BCUT2D eigenvalue weighted by molar-refractivity contribution is 7.91. The summed E-state index contributed by atoms with van der Waals surface area (Å²) < 4.78 is 36.0. The molecule has 2 unspecified atom stereocenters. The average molecular weight is 673 g/mol. The highest BCUT2D eigenvalue weighted by Gasteiger charge is 2.48. The van der Waals surface area contributed by atoms with Crippen LogP contribution >= 0.6 is 0 Å². The Kier molecular flexibility index (Phi) is 10.6. The van der Waals surface area contributed by atoms with Crippen molar-refractivity contribution in [3.05, 3.63) is 89.0 Å². The van der Waals surface area contributed by atoms with Gasteiger partial charge in [-0.25, -0.2) is 8.42 Å². The first-order valence-corrected chi connectivity index (χ1v) is 20.1. The Morgan fingerprint density at radius 1 is 0.854 bits per heavy atom. The van der Waals surface area contributed by atoms with E-state index >= 15 is 0 Å². The van der Waals surface area contributed by atoms with Crippen LogP contribution in [0.2, 0.25) is 0 Å². The minimum Gasteiger partial charge on any atom is -0.489 e. The van der Waals surface area contributed by atoms with Crippen LogP contribution in [0.4, 0.5) is 5.69 Å². The zero-order valence-electron chi connectivity index (χ0n) is 30.1. The third kappa shape index (κ3) is 7.34. The number of hydrogen-bond donors (Lipinski definition) is 0. The van der Waals surface area contributed by atoms with E-state index in [-0.39, 0.29) is 23.0 Å². The van der Waals surface area contributed by atoms with E-state index in [2.05, 4.69) is 85.2 Å². The number of anilines is 1. The van der Waals surface area contributed by atoms with Gasteiger partial charge in [0.1, 0.15) is 18.9 Å². The van der Waals surface area contributed by atoms with Crippen molar-refractivity contribution in [2.24, 2.45) is 11.3 Å². The molecule has 4 aliphatic heterocycles. The van der Waals surface area contributed by atoms with E-state index in [1.54, 1.807) is 0 Å². The topological polar surface area (TPSA) is 49.9 Å². The van der Waals surface area contributed by atoms with Gasteiger partial charge in [0.2, 0.25) is 0 Å². The Balaban J connectivity index is 1.24. The quantitative estimate of drug-likeness (QED) is 0.173. The van der Waals surface area contributed by atoms with Gasteiger partial charge >= 0.3 is 0 Å². The fourth-order valence-corrected chi connectivity index (χ4v) is 11.1. The van der Waals surface area contributed by atoms with E-state index in [4.69, 9.17) is 4.74 Å². The molecule has 2 bridgehead atoms. The molecule has 0 N–H and O–H groups in total. The largest absolute Gasteiger partial charge is 0.489 e. The molecule has 48 heavy (non-hydrogen) atoms. The van der Waals surface area contributed by atoms with Crippen LogP contribution in [0.15, 0.2) is 71.6 Å². The number of benzene rings is 3. The second-order valence-electron chi connectivity index (χ2n) is 15.4. The Morgan fingerprint density at radius 2 is 1.46 bits per heavy atom. The number of quaternary nitrogens is 1. The molecule has 7 heteroatoms. The molecule has 2 atom stereocenters. The summed E-state index contributed by atoms with van der Waals surface area (Å²) >= 11 is 0. The molecule has 260 valence electrons. The first kappa shape index (κ1) is 35.0. The van der Waals surface area contributed by atoms with Crippen molar-refractivity contribution >= 4 is 15.5 Å². The third-order valence-corrected chi connectivity index (χ3v) is 14.0. The van der Waals surface area contributed by atoms with Gasteiger partial charge in [-0.2, -0.15) is 0 Å². The van der Waals surface area contributed by atoms with Crippen molar-refractivity contribution in [3.63, 3.8) is 0 Å². The first-order valence-electron chi connectivity index (χ1n) is 18.5. The van der Waals surface area contributed by atoms with Gasteiger partial charge in [-0.3, -0.25) is 4.90 Å². The lowest BCUT2D eigenvalue weighted by Crippen LogP contribution is -2.66. The van der Waals surface area contributed by atoms with E-state index in [9.17, 15) is 8.42 Å². The summed E-state index contributed by atoms with van der Waals surface area (Å²) in [5, 5.41) is 0. The molecule has 4 aliphatic rings. The van der Waals surface area contributed by atoms with Crippen molar-refractivity contribution in [2.75, 3.05) is 64.0 Å². The molecule has 3 fully saturated rings. The number of ether oxygens (including phenoxy) is 1. The normalized spacial score (nSPS) is 25.6. The van der Waals surface area contributed by atoms with Crippen LogP contribution in [0, 0.1) is 11.3 Å². The fraction of sp³-hybridized carbons (Fsp3) is 0.561. The molecule has 0 spiro atoms. The number of fused-ring (bicyclic) bond motifs is 4. The Morgan fingerprint density at radius 3 is 2.04 bits per heavy atom. The molecule has 0 amide bonds. The number of nitrogens with zero attached hydrogens (tertiary/aromatic N) is 3. The molecule has 3 saturated heterocycles. The van der Waals surface area contributed by atoms with Crippen LogP contribution in [0.5, 0.6) is 5.75 Å². The molecule has 4 heterocycles. The SMILES string of the molecule is CCCCC1(CCCC)CS(=O)(=O)c2ccc(N(C)C)cc2C(c2ccc(OCc3ccc(C[N+]45CCN(CC4)CC5)cc3)cc2)C1C. The molecule has 3 aromatic carbocycles. The van der Waals surface area contributed by atoms with Crippen molar-refractivity contribution in [1.29, 1.82) is 0 Å². The predicted octanol–water partition coefficient (Wildman–Crippen LogP) is 7.90. The summed E-state index contributed by atoms with van der Waals surface area (Å²) in [7, 11) is 0.575. The zero-order valence-corrected chi connectivity index (χ0v) is 30.9. The second-order valence-corrected chi connectivity index (χ2v) is 17.4. The molecule has 0 saturated carbocycles. The third-order valence-electron chi connectivity index (χ3n) is 12.0. The van der Waals surface area contributed by atoms with Crippen molar-refractivity contribution in [1.82, 2.24) is 4.90 Å². The summed E-state index contributed by atoms with van der Waals surface area (Å²) in [5.41, 5.74) is 5.46. The van der Waals surface area contributed by atoms with Gasteiger partial charge in [0, 0.05) is 50.9 Å². The van der Waals surface area contributed by atoms with Crippen molar-refractivity contribution in [3.8, 4) is 5.75 Å². The van der Waals surface area contributed by atoms with Crippen molar-refractivity contribution < 1.29 is 17.6 Å². The highest BCUT2D eigenvalue weighted by Crippen LogP contribution is 2.53. The van der Waals surface area contributed by atoms with Crippen LogP contribution in [0.25, 0.3) is 0 Å². The minimum absolute atomic E-state index is 0.0262. The molecule has 6 nitrogen and oxygen atoms in total. The number of rotatable bonds is 13. The minimum atomic E-state index is -3.47. The monoisotopic (exact) mass is 672 g/mol. The van der Waals surface area contributed by atoms with Crippen LogP contribution < -0.4 is 9.64 Å². The van der Waals surface area contributed by atoms with Crippen LogP contribution in [-0.2, 0) is 23.0 Å². The molecule has 0 aromatic heterocycles. The van der Waals surface area contributed by atoms with Crippen LogP contribution in [0.3, 0.4) is 0 Å². The average Bonchev–Trinajstić information content (AvgIpc) is 3.17. The summed E-state index contributed by atoms with van der Waals surface area (Å²) in [5.74, 6) is 1.20. The van der Waals surface area contributed by atoms with Gasteiger partial charge in [-0.15, -0.1) is 0 Å². The van der Waals surface area contributed by atoms with Gasteiger partial charge in [0.05, 0.1) is 30.3 Å². The van der Waals surface area contributed by atoms with Gasteiger partial charge in [0.15, 0.2) is 9.84 Å². The Bertz CT molecular complexity index is 1600. The Labute approximate surface area is 290 Å².